The number of rotatable bonds is 3. The van der Waals surface area contributed by atoms with Gasteiger partial charge in [0.2, 0.25) is 0 Å². The Hall–Kier alpha value is -1.84. The average Bonchev–Trinajstić information content (AvgIpc) is 2.59. The summed E-state index contributed by atoms with van der Waals surface area (Å²) in [6, 6.07) is 3.99. The predicted octanol–water partition coefficient (Wildman–Crippen LogP) is 2.22. The summed E-state index contributed by atoms with van der Waals surface area (Å²) in [5.74, 6) is -0.856. The first kappa shape index (κ1) is 10.7. The van der Waals surface area contributed by atoms with Crippen LogP contribution >= 0.6 is 0 Å². The van der Waals surface area contributed by atoms with Crippen LogP contribution in [0, 0.1) is 6.92 Å². The molecule has 2 rings (SSSR count). The van der Waals surface area contributed by atoms with Gasteiger partial charge in [-0.25, -0.2) is 4.98 Å². The van der Waals surface area contributed by atoms with E-state index in [-0.39, 0.29) is 12.3 Å². The zero-order chi connectivity index (χ0) is 11.7. The van der Waals surface area contributed by atoms with Crippen LogP contribution in [0.3, 0.4) is 0 Å². The molecule has 0 spiro atoms. The number of aromatic nitrogens is 2. The molecule has 4 heteroatoms. The molecule has 0 radical (unpaired) electrons. The number of hydrogen-bond acceptors (Lipinski definition) is 2. The van der Waals surface area contributed by atoms with Gasteiger partial charge in [0.25, 0.3) is 0 Å². The largest absolute Gasteiger partial charge is 0.481 e. The van der Waals surface area contributed by atoms with Gasteiger partial charge >= 0.3 is 5.97 Å². The molecular weight excluding hydrogens is 204 g/mol. The maximum atomic E-state index is 10.7. The minimum Gasteiger partial charge on any atom is -0.481 e. The van der Waals surface area contributed by atoms with Crippen molar-refractivity contribution in [1.82, 2.24) is 9.38 Å². The summed E-state index contributed by atoms with van der Waals surface area (Å²) >= 11 is 0. The molecule has 0 aliphatic heterocycles. The van der Waals surface area contributed by atoms with Crippen LogP contribution in [0.4, 0.5) is 0 Å². The van der Waals surface area contributed by atoms with E-state index in [2.05, 4.69) is 4.98 Å². The van der Waals surface area contributed by atoms with Crippen molar-refractivity contribution in [2.24, 2.45) is 0 Å². The predicted molar refractivity (Wildman–Crippen MR) is 60.6 cm³/mol. The molecule has 0 aliphatic carbocycles. The molecule has 16 heavy (non-hydrogen) atoms. The minimum atomic E-state index is -0.791. The Morgan fingerprint density at radius 1 is 1.56 bits per heavy atom. The van der Waals surface area contributed by atoms with E-state index in [1.165, 1.54) is 0 Å². The molecule has 1 atom stereocenters. The van der Waals surface area contributed by atoms with E-state index in [9.17, 15) is 4.79 Å². The molecule has 4 nitrogen and oxygen atoms in total. The van der Waals surface area contributed by atoms with E-state index in [1.54, 1.807) is 6.33 Å². The number of pyridine rings is 1. The number of carboxylic acids is 1. The van der Waals surface area contributed by atoms with E-state index >= 15 is 0 Å². The Bertz CT molecular complexity index is 531. The van der Waals surface area contributed by atoms with Crippen LogP contribution < -0.4 is 0 Å². The Morgan fingerprint density at radius 2 is 2.31 bits per heavy atom. The number of carboxylic acid groups (broad SMARTS) is 1. The number of fused-ring (bicyclic) bond motifs is 1. The maximum Gasteiger partial charge on any atom is 0.304 e. The molecule has 2 aromatic rings. The summed E-state index contributed by atoms with van der Waals surface area (Å²) in [5, 5.41) is 8.76. The van der Waals surface area contributed by atoms with Crippen molar-refractivity contribution in [3.8, 4) is 0 Å². The third-order valence-electron chi connectivity index (χ3n) is 2.66. The second-order valence-electron chi connectivity index (χ2n) is 4.13. The molecule has 0 saturated carbocycles. The number of aliphatic carboxylic acids is 1. The van der Waals surface area contributed by atoms with Crippen LogP contribution in [0.25, 0.3) is 5.52 Å². The van der Waals surface area contributed by atoms with Crippen LogP contribution in [0.5, 0.6) is 0 Å². The highest BCUT2D eigenvalue weighted by molar-refractivity contribution is 5.69. The van der Waals surface area contributed by atoms with Crippen molar-refractivity contribution in [2.45, 2.75) is 26.2 Å². The van der Waals surface area contributed by atoms with E-state index < -0.39 is 5.97 Å². The molecule has 0 fully saturated rings. The van der Waals surface area contributed by atoms with Crippen molar-refractivity contribution < 1.29 is 9.90 Å². The minimum absolute atomic E-state index is 0.0646. The summed E-state index contributed by atoms with van der Waals surface area (Å²) < 4.78 is 1.93. The van der Waals surface area contributed by atoms with Crippen LogP contribution in [0.15, 0.2) is 24.7 Å². The van der Waals surface area contributed by atoms with E-state index in [0.29, 0.717) is 0 Å². The maximum absolute atomic E-state index is 10.7. The third-order valence-corrected chi connectivity index (χ3v) is 2.66. The van der Waals surface area contributed by atoms with Gasteiger partial charge in [0.15, 0.2) is 0 Å². The fourth-order valence-electron chi connectivity index (χ4n) is 1.87. The van der Waals surface area contributed by atoms with Gasteiger partial charge < -0.3 is 9.51 Å². The fraction of sp³-hybridized carbons (Fsp3) is 0.333. The number of nitrogens with zero attached hydrogens (tertiary/aromatic N) is 2. The van der Waals surface area contributed by atoms with Crippen LogP contribution in [0.1, 0.15) is 30.5 Å². The molecule has 1 N–H and O–H groups in total. The van der Waals surface area contributed by atoms with Crippen LogP contribution in [-0.2, 0) is 4.79 Å². The van der Waals surface area contributed by atoms with Crippen LogP contribution in [0.2, 0.25) is 0 Å². The third kappa shape index (κ3) is 1.91. The van der Waals surface area contributed by atoms with Crippen molar-refractivity contribution >= 4 is 11.5 Å². The fourth-order valence-corrected chi connectivity index (χ4v) is 1.87. The van der Waals surface area contributed by atoms with E-state index in [4.69, 9.17) is 5.11 Å². The van der Waals surface area contributed by atoms with Crippen molar-refractivity contribution in [3.05, 3.63) is 35.9 Å². The SMILES string of the molecule is Cc1ccc2c(C(C)CC(=O)O)ncn2c1. The molecule has 0 bridgehead atoms. The highest BCUT2D eigenvalue weighted by Crippen LogP contribution is 2.22. The first-order valence-electron chi connectivity index (χ1n) is 5.23. The van der Waals surface area contributed by atoms with Crippen molar-refractivity contribution in [2.75, 3.05) is 0 Å². The summed E-state index contributed by atoms with van der Waals surface area (Å²) in [6.45, 7) is 3.90. The molecule has 84 valence electrons. The highest BCUT2D eigenvalue weighted by Gasteiger charge is 2.15. The van der Waals surface area contributed by atoms with Gasteiger partial charge in [-0.1, -0.05) is 13.0 Å². The molecule has 2 heterocycles. The molecule has 0 amide bonds. The Balaban J connectivity index is 2.41. The topological polar surface area (TPSA) is 54.6 Å². The molecule has 1 unspecified atom stereocenters. The molecular formula is C12H14N2O2. The van der Waals surface area contributed by atoms with Gasteiger partial charge in [-0.3, -0.25) is 4.79 Å². The van der Waals surface area contributed by atoms with Gasteiger partial charge in [0.05, 0.1) is 24.0 Å². The smallest absolute Gasteiger partial charge is 0.304 e. The lowest BCUT2D eigenvalue weighted by molar-refractivity contribution is -0.137. The van der Waals surface area contributed by atoms with Crippen molar-refractivity contribution in [3.63, 3.8) is 0 Å². The van der Waals surface area contributed by atoms with Gasteiger partial charge in [0, 0.05) is 12.1 Å². The first-order valence-corrected chi connectivity index (χ1v) is 5.23. The average molecular weight is 218 g/mol. The van der Waals surface area contributed by atoms with Gasteiger partial charge in [-0.15, -0.1) is 0 Å². The number of aryl methyl sites for hydroxylation is 1. The zero-order valence-electron chi connectivity index (χ0n) is 9.34. The van der Waals surface area contributed by atoms with Gasteiger partial charge in [-0.05, 0) is 18.6 Å². The quantitative estimate of drug-likeness (QED) is 0.859. The van der Waals surface area contributed by atoms with Gasteiger partial charge in [0.1, 0.15) is 0 Å². The summed E-state index contributed by atoms with van der Waals surface area (Å²) in [4.78, 5) is 14.9. The number of hydrogen-bond donors (Lipinski definition) is 1. The summed E-state index contributed by atoms with van der Waals surface area (Å²) in [7, 11) is 0. The Kier molecular flexibility index (Phi) is 2.64. The zero-order valence-corrected chi connectivity index (χ0v) is 9.34. The van der Waals surface area contributed by atoms with Crippen molar-refractivity contribution in [1.29, 1.82) is 0 Å². The van der Waals surface area contributed by atoms with Crippen LogP contribution in [-0.4, -0.2) is 20.5 Å². The molecule has 0 saturated heterocycles. The van der Waals surface area contributed by atoms with Gasteiger partial charge in [-0.2, -0.15) is 0 Å². The van der Waals surface area contributed by atoms with E-state index in [1.807, 2.05) is 36.6 Å². The second kappa shape index (κ2) is 3.96. The highest BCUT2D eigenvalue weighted by atomic mass is 16.4. The Morgan fingerprint density at radius 3 is 3.00 bits per heavy atom. The molecule has 0 aromatic carbocycles. The lowest BCUT2D eigenvalue weighted by Gasteiger charge is -2.06. The monoisotopic (exact) mass is 218 g/mol. The Labute approximate surface area is 93.5 Å². The standard InChI is InChI=1S/C12H14N2O2/c1-8-3-4-10-12(9(2)5-11(15)16)13-7-14(10)6-8/h3-4,6-7,9H,5H2,1-2H3,(H,15,16). The molecule has 0 aliphatic rings. The summed E-state index contributed by atoms with van der Waals surface area (Å²) in [5.41, 5.74) is 2.99. The van der Waals surface area contributed by atoms with E-state index in [0.717, 1.165) is 16.8 Å². The molecule has 2 aromatic heterocycles. The summed E-state index contributed by atoms with van der Waals surface area (Å²) in [6.07, 6.45) is 3.83. The number of carbonyl (C=O) groups is 1. The lowest BCUT2D eigenvalue weighted by Crippen LogP contribution is -2.03. The lowest BCUT2D eigenvalue weighted by atomic mass is 10.0. The number of imidazole rings is 1. The normalized spacial score (nSPS) is 12.9. The second-order valence-corrected chi connectivity index (χ2v) is 4.13. The first-order chi connectivity index (χ1) is 7.58.